The minimum Gasteiger partial charge on any atom is -0.396 e. The van der Waals surface area contributed by atoms with Crippen LogP contribution in [-0.4, -0.2) is 17.6 Å². The number of anilines is 2. The maximum Gasteiger partial charge on any atom is 0.152 e. The Labute approximate surface area is 104 Å². The van der Waals surface area contributed by atoms with Gasteiger partial charge >= 0.3 is 0 Å². The van der Waals surface area contributed by atoms with Crippen molar-refractivity contribution in [2.45, 2.75) is 52.0 Å². The number of aryl methyl sites for hydroxylation is 1. The Morgan fingerprint density at radius 2 is 2.29 bits per heavy atom. The maximum atomic E-state index is 6.11. The predicted octanol–water partition coefficient (Wildman–Crippen LogP) is 3.13. The second-order valence-electron chi connectivity index (χ2n) is 5.06. The summed E-state index contributed by atoms with van der Waals surface area (Å²) in [6, 6.07) is 2.66. The topological polar surface area (TPSA) is 42.2 Å². The number of pyridine rings is 1. The van der Waals surface area contributed by atoms with Crippen molar-refractivity contribution in [3.63, 3.8) is 0 Å². The normalized spacial score (nSPS) is 20.6. The summed E-state index contributed by atoms with van der Waals surface area (Å²) in [5.41, 5.74) is 8.07. The fraction of sp³-hybridized carbons (Fsp3) is 0.643. The monoisotopic (exact) mass is 233 g/mol. The van der Waals surface area contributed by atoms with Crippen molar-refractivity contribution in [1.82, 2.24) is 4.98 Å². The Bertz CT molecular complexity index is 374. The van der Waals surface area contributed by atoms with E-state index in [9.17, 15) is 0 Å². The molecule has 0 aromatic carbocycles. The first-order chi connectivity index (χ1) is 8.22. The number of nitrogens with zero attached hydrogens (tertiary/aromatic N) is 2. The molecule has 94 valence electrons. The minimum atomic E-state index is 0.631. The van der Waals surface area contributed by atoms with Gasteiger partial charge in [0.15, 0.2) is 5.82 Å². The van der Waals surface area contributed by atoms with Gasteiger partial charge in [-0.1, -0.05) is 13.3 Å². The third-order valence-electron chi connectivity index (χ3n) is 3.55. The van der Waals surface area contributed by atoms with Crippen LogP contribution in [0.3, 0.4) is 0 Å². The molecule has 0 aliphatic carbocycles. The number of aromatic nitrogens is 1. The molecule has 0 bridgehead atoms. The number of nitrogens with two attached hydrogens (primary N) is 1. The summed E-state index contributed by atoms with van der Waals surface area (Å²) in [5.74, 6) is 0.994. The fourth-order valence-electron chi connectivity index (χ4n) is 2.74. The van der Waals surface area contributed by atoms with Crippen molar-refractivity contribution in [1.29, 1.82) is 0 Å². The molecule has 1 aliphatic rings. The highest BCUT2D eigenvalue weighted by Crippen LogP contribution is 2.29. The molecular formula is C14H23N3. The van der Waals surface area contributed by atoms with E-state index in [1.165, 1.54) is 32.1 Å². The Morgan fingerprint density at radius 3 is 3.00 bits per heavy atom. The molecule has 0 amide bonds. The van der Waals surface area contributed by atoms with E-state index in [0.717, 1.165) is 23.6 Å². The summed E-state index contributed by atoms with van der Waals surface area (Å²) < 4.78 is 0. The Balaban J connectivity index is 2.23. The van der Waals surface area contributed by atoms with E-state index in [1.807, 2.05) is 19.2 Å². The van der Waals surface area contributed by atoms with Crippen LogP contribution >= 0.6 is 0 Å². The van der Waals surface area contributed by atoms with Crippen LogP contribution in [0.15, 0.2) is 12.3 Å². The van der Waals surface area contributed by atoms with Crippen molar-refractivity contribution in [2.75, 3.05) is 17.2 Å². The van der Waals surface area contributed by atoms with Gasteiger partial charge in [-0.05, 0) is 44.2 Å². The molecule has 3 nitrogen and oxygen atoms in total. The van der Waals surface area contributed by atoms with E-state index in [2.05, 4.69) is 16.8 Å². The number of piperidine rings is 1. The first-order valence-electron chi connectivity index (χ1n) is 6.71. The third kappa shape index (κ3) is 2.71. The van der Waals surface area contributed by atoms with Crippen LogP contribution in [0.25, 0.3) is 0 Å². The van der Waals surface area contributed by atoms with Gasteiger partial charge in [-0.2, -0.15) is 0 Å². The lowest BCUT2D eigenvalue weighted by Gasteiger charge is -2.37. The summed E-state index contributed by atoms with van der Waals surface area (Å²) in [6.45, 7) is 5.39. The molecule has 0 spiro atoms. The summed E-state index contributed by atoms with van der Waals surface area (Å²) in [4.78, 5) is 6.95. The van der Waals surface area contributed by atoms with Crippen molar-refractivity contribution < 1.29 is 0 Å². The molecule has 2 rings (SSSR count). The average molecular weight is 233 g/mol. The van der Waals surface area contributed by atoms with Crippen molar-refractivity contribution >= 4 is 11.5 Å². The van der Waals surface area contributed by atoms with E-state index in [1.54, 1.807) is 0 Å². The van der Waals surface area contributed by atoms with E-state index >= 15 is 0 Å². The number of hydrogen-bond donors (Lipinski definition) is 1. The average Bonchev–Trinajstić information content (AvgIpc) is 2.31. The number of rotatable bonds is 3. The predicted molar refractivity (Wildman–Crippen MR) is 73.3 cm³/mol. The molecule has 2 heterocycles. The highest BCUT2D eigenvalue weighted by atomic mass is 15.2. The first kappa shape index (κ1) is 12.2. The van der Waals surface area contributed by atoms with Gasteiger partial charge in [0.05, 0.1) is 5.69 Å². The molecule has 1 aromatic rings. The van der Waals surface area contributed by atoms with Crippen LogP contribution < -0.4 is 10.6 Å². The van der Waals surface area contributed by atoms with Crippen LogP contribution in [0.4, 0.5) is 11.5 Å². The first-order valence-corrected chi connectivity index (χ1v) is 6.71. The largest absolute Gasteiger partial charge is 0.396 e. The van der Waals surface area contributed by atoms with Gasteiger partial charge in [0, 0.05) is 18.8 Å². The van der Waals surface area contributed by atoms with Crippen molar-refractivity contribution in [2.24, 2.45) is 0 Å². The Hall–Kier alpha value is -1.25. The Morgan fingerprint density at radius 1 is 1.47 bits per heavy atom. The van der Waals surface area contributed by atoms with E-state index in [-0.39, 0.29) is 0 Å². The van der Waals surface area contributed by atoms with Crippen LogP contribution in [0.5, 0.6) is 0 Å². The van der Waals surface area contributed by atoms with Gasteiger partial charge in [-0.15, -0.1) is 0 Å². The number of nitrogen functional groups attached to an aromatic ring is 1. The zero-order valence-corrected chi connectivity index (χ0v) is 10.9. The van der Waals surface area contributed by atoms with Gasteiger partial charge in [0.2, 0.25) is 0 Å². The summed E-state index contributed by atoms with van der Waals surface area (Å²) in [5, 5.41) is 0. The molecule has 1 fully saturated rings. The molecule has 1 aliphatic heterocycles. The molecule has 1 saturated heterocycles. The highest BCUT2D eigenvalue weighted by molar-refractivity contribution is 5.63. The molecule has 2 N–H and O–H groups in total. The lowest BCUT2D eigenvalue weighted by molar-refractivity contribution is 0.432. The molecule has 3 heteroatoms. The highest BCUT2D eigenvalue weighted by Gasteiger charge is 2.24. The fourth-order valence-corrected chi connectivity index (χ4v) is 2.74. The summed E-state index contributed by atoms with van der Waals surface area (Å²) in [6.07, 6.45) is 8.27. The van der Waals surface area contributed by atoms with Gasteiger partial charge in [0.1, 0.15) is 0 Å². The van der Waals surface area contributed by atoms with Crippen molar-refractivity contribution in [3.8, 4) is 0 Å². The summed E-state index contributed by atoms with van der Waals surface area (Å²) >= 11 is 0. The quantitative estimate of drug-likeness (QED) is 0.872. The van der Waals surface area contributed by atoms with Gasteiger partial charge < -0.3 is 10.6 Å². The Kier molecular flexibility index (Phi) is 3.87. The SMILES string of the molecule is CCCC1CCCCN1c1ncc(C)cc1N. The lowest BCUT2D eigenvalue weighted by atomic mass is 9.98. The van der Waals surface area contributed by atoms with Gasteiger partial charge in [-0.25, -0.2) is 4.98 Å². The zero-order chi connectivity index (χ0) is 12.3. The standard InChI is InChI=1S/C14H23N3/c1-3-6-12-7-4-5-8-17(12)14-13(15)9-11(2)10-16-14/h9-10,12H,3-8,15H2,1-2H3. The van der Waals surface area contributed by atoms with Gasteiger partial charge in [-0.3, -0.25) is 0 Å². The zero-order valence-electron chi connectivity index (χ0n) is 10.9. The van der Waals surface area contributed by atoms with Crippen molar-refractivity contribution in [3.05, 3.63) is 17.8 Å². The molecule has 1 unspecified atom stereocenters. The van der Waals surface area contributed by atoms with Crippen LogP contribution in [0.1, 0.15) is 44.6 Å². The maximum absolute atomic E-state index is 6.11. The molecule has 17 heavy (non-hydrogen) atoms. The third-order valence-corrected chi connectivity index (χ3v) is 3.55. The minimum absolute atomic E-state index is 0.631. The smallest absolute Gasteiger partial charge is 0.152 e. The van der Waals surface area contributed by atoms with E-state index in [0.29, 0.717) is 6.04 Å². The van der Waals surface area contributed by atoms with Crippen LogP contribution in [0.2, 0.25) is 0 Å². The lowest BCUT2D eigenvalue weighted by Crippen LogP contribution is -2.40. The van der Waals surface area contributed by atoms with Gasteiger partial charge in [0.25, 0.3) is 0 Å². The van der Waals surface area contributed by atoms with E-state index < -0.39 is 0 Å². The molecular weight excluding hydrogens is 210 g/mol. The van der Waals surface area contributed by atoms with E-state index in [4.69, 9.17) is 5.73 Å². The number of hydrogen-bond acceptors (Lipinski definition) is 3. The molecule has 1 aromatic heterocycles. The van der Waals surface area contributed by atoms with Crippen LogP contribution in [0, 0.1) is 6.92 Å². The molecule has 0 saturated carbocycles. The van der Waals surface area contributed by atoms with Crippen LogP contribution in [-0.2, 0) is 0 Å². The second-order valence-corrected chi connectivity index (χ2v) is 5.06. The second kappa shape index (κ2) is 5.39. The summed E-state index contributed by atoms with van der Waals surface area (Å²) in [7, 11) is 0. The molecule has 0 radical (unpaired) electrons. The molecule has 1 atom stereocenters.